The SMILES string of the molecule is COc1ccc(Cl)cc1NC(=O)[C@H](C)[n+]1cccc(-c2ccccc2)c1. The molecule has 1 amide bonds. The van der Waals surface area contributed by atoms with Gasteiger partial charge in [-0.15, -0.1) is 0 Å². The number of nitrogens with zero attached hydrogens (tertiary/aromatic N) is 1. The average Bonchev–Trinajstić information content (AvgIpc) is 2.68. The zero-order valence-electron chi connectivity index (χ0n) is 14.6. The molecule has 0 fully saturated rings. The number of anilines is 1. The molecule has 0 saturated heterocycles. The molecule has 0 bridgehead atoms. The molecule has 0 radical (unpaired) electrons. The highest BCUT2D eigenvalue weighted by atomic mass is 35.5. The number of aromatic nitrogens is 1. The van der Waals surface area contributed by atoms with Gasteiger partial charge in [0.2, 0.25) is 6.04 Å². The summed E-state index contributed by atoms with van der Waals surface area (Å²) in [6, 6.07) is 18.7. The number of benzene rings is 2. The van der Waals surface area contributed by atoms with Crippen LogP contribution in [0.25, 0.3) is 11.1 Å². The third kappa shape index (κ3) is 4.03. The van der Waals surface area contributed by atoms with Crippen molar-refractivity contribution in [3.05, 3.63) is 78.1 Å². The number of carbonyl (C=O) groups excluding carboxylic acids is 1. The summed E-state index contributed by atoms with van der Waals surface area (Å²) in [6.07, 6.45) is 3.85. The third-order valence-corrected chi connectivity index (χ3v) is 4.41. The number of halogens is 1. The van der Waals surface area contributed by atoms with Gasteiger partial charge in [-0.1, -0.05) is 41.9 Å². The van der Waals surface area contributed by atoms with Crippen molar-refractivity contribution in [1.82, 2.24) is 0 Å². The molecular formula is C21H20ClN2O2+. The van der Waals surface area contributed by atoms with E-state index in [0.717, 1.165) is 11.1 Å². The molecule has 3 aromatic rings. The summed E-state index contributed by atoms with van der Waals surface area (Å²) in [5.74, 6) is 0.416. The normalized spacial score (nSPS) is 11.7. The Bertz CT molecular complexity index is 913. The van der Waals surface area contributed by atoms with E-state index in [1.165, 1.54) is 0 Å². The van der Waals surface area contributed by atoms with Gasteiger partial charge in [-0.05, 0) is 29.8 Å². The Morgan fingerprint density at radius 1 is 1.08 bits per heavy atom. The van der Waals surface area contributed by atoms with E-state index in [-0.39, 0.29) is 5.91 Å². The Morgan fingerprint density at radius 3 is 2.54 bits per heavy atom. The van der Waals surface area contributed by atoms with Crippen LogP contribution in [0.2, 0.25) is 5.02 Å². The maximum atomic E-state index is 12.7. The lowest BCUT2D eigenvalue weighted by atomic mass is 10.1. The van der Waals surface area contributed by atoms with Crippen LogP contribution in [0.1, 0.15) is 13.0 Å². The molecule has 1 heterocycles. The van der Waals surface area contributed by atoms with Crippen LogP contribution in [0.5, 0.6) is 5.75 Å². The van der Waals surface area contributed by atoms with E-state index in [2.05, 4.69) is 5.32 Å². The molecule has 26 heavy (non-hydrogen) atoms. The summed E-state index contributed by atoms with van der Waals surface area (Å²) in [5, 5.41) is 3.43. The molecular weight excluding hydrogens is 348 g/mol. The van der Waals surface area contributed by atoms with Crippen LogP contribution in [0, 0.1) is 0 Å². The molecule has 0 aliphatic rings. The number of ether oxygens (including phenoxy) is 1. The van der Waals surface area contributed by atoms with Crippen LogP contribution >= 0.6 is 11.6 Å². The van der Waals surface area contributed by atoms with Crippen molar-refractivity contribution in [3.63, 3.8) is 0 Å². The van der Waals surface area contributed by atoms with E-state index in [1.807, 2.05) is 66.3 Å². The van der Waals surface area contributed by atoms with Crippen LogP contribution in [0.3, 0.4) is 0 Å². The maximum Gasteiger partial charge on any atom is 0.293 e. The van der Waals surface area contributed by atoms with Crippen LogP contribution in [0.15, 0.2) is 73.1 Å². The number of hydrogen-bond donors (Lipinski definition) is 1. The van der Waals surface area contributed by atoms with Gasteiger partial charge in [-0.25, -0.2) is 0 Å². The minimum absolute atomic E-state index is 0.152. The largest absolute Gasteiger partial charge is 0.495 e. The number of amides is 1. The highest BCUT2D eigenvalue weighted by Gasteiger charge is 2.23. The van der Waals surface area contributed by atoms with Gasteiger partial charge in [0, 0.05) is 23.6 Å². The Morgan fingerprint density at radius 2 is 1.81 bits per heavy atom. The average molecular weight is 368 g/mol. The van der Waals surface area contributed by atoms with Crippen LogP contribution < -0.4 is 14.6 Å². The smallest absolute Gasteiger partial charge is 0.293 e. The zero-order chi connectivity index (χ0) is 18.5. The monoisotopic (exact) mass is 367 g/mol. The molecule has 5 heteroatoms. The molecule has 1 N–H and O–H groups in total. The second-order valence-electron chi connectivity index (χ2n) is 5.92. The molecule has 3 rings (SSSR count). The van der Waals surface area contributed by atoms with E-state index >= 15 is 0 Å². The second-order valence-corrected chi connectivity index (χ2v) is 6.35. The van der Waals surface area contributed by atoms with Gasteiger partial charge in [-0.3, -0.25) is 4.79 Å². The summed E-state index contributed by atoms with van der Waals surface area (Å²) in [5.41, 5.74) is 2.70. The van der Waals surface area contributed by atoms with Gasteiger partial charge >= 0.3 is 0 Å². The minimum Gasteiger partial charge on any atom is -0.495 e. The predicted octanol–water partition coefficient (Wildman–Crippen LogP) is 4.50. The lowest BCUT2D eigenvalue weighted by Gasteiger charge is -2.12. The lowest BCUT2D eigenvalue weighted by Crippen LogP contribution is -2.44. The Labute approximate surface area is 158 Å². The van der Waals surface area contributed by atoms with Gasteiger partial charge in [0.1, 0.15) is 5.75 Å². The number of methoxy groups -OCH3 is 1. The lowest BCUT2D eigenvalue weighted by molar-refractivity contribution is -0.705. The number of hydrogen-bond acceptors (Lipinski definition) is 2. The van der Waals surface area contributed by atoms with Gasteiger partial charge in [0.05, 0.1) is 12.8 Å². The summed E-state index contributed by atoms with van der Waals surface area (Å²) in [4.78, 5) is 12.7. The molecule has 0 unspecified atom stereocenters. The second kappa shape index (κ2) is 8.02. The van der Waals surface area contributed by atoms with Crippen LogP contribution in [-0.4, -0.2) is 13.0 Å². The molecule has 0 aliphatic heterocycles. The summed E-state index contributed by atoms with van der Waals surface area (Å²) in [6.45, 7) is 1.85. The fourth-order valence-electron chi connectivity index (χ4n) is 2.69. The van der Waals surface area contributed by atoms with Crippen molar-refractivity contribution < 1.29 is 14.1 Å². The Balaban J connectivity index is 1.82. The van der Waals surface area contributed by atoms with Crippen molar-refractivity contribution in [2.45, 2.75) is 13.0 Å². The van der Waals surface area contributed by atoms with E-state index in [9.17, 15) is 4.79 Å². The Hall–Kier alpha value is -2.85. The van der Waals surface area contributed by atoms with E-state index in [0.29, 0.717) is 16.5 Å². The van der Waals surface area contributed by atoms with Crippen molar-refractivity contribution >= 4 is 23.2 Å². The first-order valence-electron chi connectivity index (χ1n) is 8.29. The number of nitrogens with one attached hydrogen (secondary N) is 1. The molecule has 1 atom stereocenters. The summed E-state index contributed by atoms with van der Waals surface area (Å²) >= 11 is 6.03. The summed E-state index contributed by atoms with van der Waals surface area (Å²) in [7, 11) is 1.56. The number of rotatable bonds is 5. The maximum absolute atomic E-state index is 12.7. The molecule has 2 aromatic carbocycles. The van der Waals surface area contributed by atoms with Crippen LogP contribution in [-0.2, 0) is 4.79 Å². The van der Waals surface area contributed by atoms with Crippen LogP contribution in [0.4, 0.5) is 5.69 Å². The molecule has 0 aliphatic carbocycles. The van der Waals surface area contributed by atoms with Gasteiger partial charge in [0.15, 0.2) is 12.4 Å². The predicted molar refractivity (Wildman–Crippen MR) is 103 cm³/mol. The molecule has 132 valence electrons. The highest BCUT2D eigenvalue weighted by molar-refractivity contribution is 6.31. The van der Waals surface area contributed by atoms with Crippen molar-refractivity contribution in [2.75, 3.05) is 12.4 Å². The van der Waals surface area contributed by atoms with Crippen molar-refractivity contribution in [2.24, 2.45) is 0 Å². The van der Waals surface area contributed by atoms with Gasteiger partial charge in [-0.2, -0.15) is 4.57 Å². The molecule has 0 spiro atoms. The number of carbonyl (C=O) groups is 1. The first-order valence-corrected chi connectivity index (χ1v) is 8.67. The van der Waals surface area contributed by atoms with E-state index in [4.69, 9.17) is 16.3 Å². The van der Waals surface area contributed by atoms with Gasteiger partial charge in [0.25, 0.3) is 5.91 Å². The zero-order valence-corrected chi connectivity index (χ0v) is 15.4. The molecule has 0 saturated carbocycles. The fraction of sp³-hybridized carbons (Fsp3) is 0.143. The third-order valence-electron chi connectivity index (χ3n) is 4.18. The molecule has 1 aromatic heterocycles. The topological polar surface area (TPSA) is 42.2 Å². The van der Waals surface area contributed by atoms with E-state index < -0.39 is 6.04 Å². The van der Waals surface area contributed by atoms with Crippen molar-refractivity contribution in [3.8, 4) is 16.9 Å². The Kier molecular flexibility index (Phi) is 5.54. The number of pyridine rings is 1. The fourth-order valence-corrected chi connectivity index (χ4v) is 2.86. The quantitative estimate of drug-likeness (QED) is 0.674. The van der Waals surface area contributed by atoms with E-state index in [1.54, 1.807) is 25.3 Å². The first-order chi connectivity index (χ1) is 12.6. The van der Waals surface area contributed by atoms with Gasteiger partial charge < -0.3 is 10.1 Å². The molecule has 4 nitrogen and oxygen atoms in total. The first kappa shape index (κ1) is 18.0. The minimum atomic E-state index is -0.401. The standard InChI is InChI=1S/C21H19ClN2O2/c1-15(21(25)23-19-13-18(22)10-11-20(19)26-2)24-12-6-9-17(14-24)16-7-4-3-5-8-16/h3-15H,1-2H3/p+1/t15-/m0/s1. The van der Waals surface area contributed by atoms with Crippen molar-refractivity contribution in [1.29, 1.82) is 0 Å². The highest BCUT2D eigenvalue weighted by Crippen LogP contribution is 2.28. The summed E-state index contributed by atoms with van der Waals surface area (Å²) < 4.78 is 7.17.